The second-order valence-corrected chi connectivity index (χ2v) is 4.62. The molecule has 2 rings (SSSR count). The fraction of sp³-hybridized carbons (Fsp3) is 0.429. The predicted molar refractivity (Wildman–Crippen MR) is 72.8 cm³/mol. The number of hydrogen-bond acceptors (Lipinski definition) is 5. The number of aryl methyl sites for hydroxylation is 1. The quantitative estimate of drug-likeness (QED) is 0.863. The first-order valence-electron chi connectivity index (χ1n) is 6.40. The smallest absolute Gasteiger partial charge is 0.226 e. The van der Waals surface area contributed by atoms with Crippen LogP contribution < -0.4 is 10.5 Å². The van der Waals surface area contributed by atoms with Crippen molar-refractivity contribution < 1.29 is 9.26 Å². The first-order chi connectivity index (χ1) is 9.22. The van der Waals surface area contributed by atoms with Crippen LogP contribution >= 0.6 is 0 Å². The van der Waals surface area contributed by atoms with Gasteiger partial charge in [0.25, 0.3) is 0 Å². The molecule has 0 aliphatic rings. The fourth-order valence-corrected chi connectivity index (χ4v) is 1.70. The molecule has 19 heavy (non-hydrogen) atoms. The number of methoxy groups -OCH3 is 1. The van der Waals surface area contributed by atoms with Crippen LogP contribution in [0.5, 0.6) is 5.75 Å². The van der Waals surface area contributed by atoms with E-state index in [4.69, 9.17) is 15.0 Å². The minimum Gasteiger partial charge on any atom is -0.497 e. The van der Waals surface area contributed by atoms with E-state index in [1.807, 2.05) is 24.3 Å². The summed E-state index contributed by atoms with van der Waals surface area (Å²) in [6.07, 6.45) is 1.72. The summed E-state index contributed by atoms with van der Waals surface area (Å²) < 4.78 is 10.3. The van der Waals surface area contributed by atoms with E-state index in [9.17, 15) is 0 Å². The van der Waals surface area contributed by atoms with Crippen molar-refractivity contribution in [3.05, 3.63) is 30.2 Å². The molecule has 0 bridgehead atoms. The van der Waals surface area contributed by atoms with Crippen LogP contribution in [0.4, 0.5) is 0 Å². The Hall–Kier alpha value is -1.88. The molecule has 1 atom stereocenters. The lowest BCUT2D eigenvalue weighted by atomic mass is 10.1. The van der Waals surface area contributed by atoms with Gasteiger partial charge in [0.05, 0.1) is 7.11 Å². The Morgan fingerprint density at radius 1 is 1.32 bits per heavy atom. The van der Waals surface area contributed by atoms with Crippen LogP contribution in [0.15, 0.2) is 28.8 Å². The lowest BCUT2D eigenvalue weighted by molar-refractivity contribution is 0.366. The van der Waals surface area contributed by atoms with E-state index in [0.29, 0.717) is 24.2 Å². The second-order valence-electron chi connectivity index (χ2n) is 4.62. The van der Waals surface area contributed by atoms with Gasteiger partial charge in [-0.05, 0) is 43.1 Å². The van der Waals surface area contributed by atoms with Crippen molar-refractivity contribution in [1.29, 1.82) is 0 Å². The minimum absolute atomic E-state index is 0.469. The third-order valence-corrected chi connectivity index (χ3v) is 3.07. The van der Waals surface area contributed by atoms with E-state index in [2.05, 4.69) is 17.1 Å². The predicted octanol–water partition coefficient (Wildman–Crippen LogP) is 2.27. The number of nitrogens with zero attached hydrogens (tertiary/aromatic N) is 2. The lowest BCUT2D eigenvalue weighted by Gasteiger charge is -2.03. The van der Waals surface area contributed by atoms with Gasteiger partial charge in [-0.2, -0.15) is 4.98 Å². The van der Waals surface area contributed by atoms with Crippen LogP contribution in [-0.4, -0.2) is 23.8 Å². The summed E-state index contributed by atoms with van der Waals surface area (Å²) in [6, 6.07) is 7.58. The molecule has 0 saturated carbocycles. The first kappa shape index (κ1) is 13.5. The third-order valence-electron chi connectivity index (χ3n) is 3.07. The highest BCUT2D eigenvalue weighted by molar-refractivity contribution is 5.55. The maximum atomic E-state index is 5.58. The third kappa shape index (κ3) is 3.54. The maximum Gasteiger partial charge on any atom is 0.226 e. The van der Waals surface area contributed by atoms with Gasteiger partial charge in [0.1, 0.15) is 5.75 Å². The molecule has 0 aliphatic heterocycles. The minimum atomic E-state index is 0.469. The molecule has 1 heterocycles. The van der Waals surface area contributed by atoms with Crippen molar-refractivity contribution in [2.24, 2.45) is 11.7 Å². The molecule has 1 aromatic heterocycles. The molecule has 1 unspecified atom stereocenters. The zero-order valence-corrected chi connectivity index (χ0v) is 11.3. The summed E-state index contributed by atoms with van der Waals surface area (Å²) in [5, 5.41) is 3.99. The van der Waals surface area contributed by atoms with Crippen molar-refractivity contribution in [2.45, 2.75) is 19.8 Å². The number of rotatable bonds is 6. The van der Waals surface area contributed by atoms with Gasteiger partial charge in [-0.1, -0.05) is 12.1 Å². The summed E-state index contributed by atoms with van der Waals surface area (Å²) >= 11 is 0. The molecule has 5 nitrogen and oxygen atoms in total. The summed E-state index contributed by atoms with van der Waals surface area (Å²) in [5.74, 6) is 2.55. The van der Waals surface area contributed by atoms with Gasteiger partial charge in [0.2, 0.25) is 11.7 Å². The van der Waals surface area contributed by atoms with Gasteiger partial charge < -0.3 is 15.0 Å². The Morgan fingerprint density at radius 2 is 2.05 bits per heavy atom. The molecular formula is C14H19N3O2. The number of benzene rings is 1. The van der Waals surface area contributed by atoms with Crippen LogP contribution in [0.3, 0.4) is 0 Å². The molecule has 102 valence electrons. The molecule has 2 aromatic rings. The molecule has 0 amide bonds. The highest BCUT2D eigenvalue weighted by Gasteiger charge is 2.10. The van der Waals surface area contributed by atoms with E-state index < -0.39 is 0 Å². The maximum absolute atomic E-state index is 5.58. The molecular weight excluding hydrogens is 242 g/mol. The van der Waals surface area contributed by atoms with Crippen molar-refractivity contribution in [3.8, 4) is 17.1 Å². The van der Waals surface area contributed by atoms with Crippen molar-refractivity contribution >= 4 is 0 Å². The average molecular weight is 261 g/mol. The number of aromatic nitrogens is 2. The average Bonchev–Trinajstić information content (AvgIpc) is 2.93. The summed E-state index contributed by atoms with van der Waals surface area (Å²) in [6.45, 7) is 2.79. The SMILES string of the molecule is COc1ccc(-c2noc(CCC(C)CN)n2)cc1. The first-order valence-corrected chi connectivity index (χ1v) is 6.40. The van der Waals surface area contributed by atoms with Crippen LogP contribution in [0.2, 0.25) is 0 Å². The van der Waals surface area contributed by atoms with Crippen LogP contribution in [0.25, 0.3) is 11.4 Å². The molecule has 0 fully saturated rings. The van der Waals surface area contributed by atoms with Crippen LogP contribution in [-0.2, 0) is 6.42 Å². The summed E-state index contributed by atoms with van der Waals surface area (Å²) in [5.41, 5.74) is 6.50. The highest BCUT2D eigenvalue weighted by Crippen LogP contribution is 2.20. The van der Waals surface area contributed by atoms with Crippen LogP contribution in [0.1, 0.15) is 19.2 Å². The Balaban J connectivity index is 2.03. The topological polar surface area (TPSA) is 74.2 Å². The molecule has 5 heteroatoms. The number of hydrogen-bond donors (Lipinski definition) is 1. The van der Waals surface area contributed by atoms with Crippen molar-refractivity contribution in [2.75, 3.05) is 13.7 Å². The van der Waals surface area contributed by atoms with Crippen molar-refractivity contribution in [3.63, 3.8) is 0 Å². The zero-order valence-electron chi connectivity index (χ0n) is 11.3. The van der Waals surface area contributed by atoms with Gasteiger partial charge >= 0.3 is 0 Å². The summed E-state index contributed by atoms with van der Waals surface area (Å²) in [7, 11) is 1.64. The van der Waals surface area contributed by atoms with E-state index in [1.165, 1.54) is 0 Å². The standard InChI is InChI=1S/C14H19N3O2/c1-10(9-15)3-8-13-16-14(17-19-13)11-4-6-12(18-2)7-5-11/h4-7,10H,3,8-9,15H2,1-2H3. The Morgan fingerprint density at radius 3 is 2.68 bits per heavy atom. The van der Waals surface area contributed by atoms with Gasteiger partial charge in [-0.15, -0.1) is 0 Å². The monoisotopic (exact) mass is 261 g/mol. The van der Waals surface area contributed by atoms with Crippen LogP contribution in [0, 0.1) is 5.92 Å². The van der Waals surface area contributed by atoms with Gasteiger partial charge in [0.15, 0.2) is 0 Å². The normalized spacial score (nSPS) is 12.4. The largest absolute Gasteiger partial charge is 0.497 e. The summed E-state index contributed by atoms with van der Waals surface area (Å²) in [4.78, 5) is 4.38. The van der Waals surface area contributed by atoms with Gasteiger partial charge in [0, 0.05) is 12.0 Å². The molecule has 0 spiro atoms. The molecule has 2 N–H and O–H groups in total. The van der Waals surface area contributed by atoms with E-state index in [-0.39, 0.29) is 0 Å². The molecule has 0 aliphatic carbocycles. The molecule has 0 radical (unpaired) electrons. The highest BCUT2D eigenvalue weighted by atomic mass is 16.5. The lowest BCUT2D eigenvalue weighted by Crippen LogP contribution is -2.11. The zero-order chi connectivity index (χ0) is 13.7. The Kier molecular flexibility index (Phi) is 4.52. The van der Waals surface area contributed by atoms with Gasteiger partial charge in [-0.3, -0.25) is 0 Å². The van der Waals surface area contributed by atoms with Crippen molar-refractivity contribution in [1.82, 2.24) is 10.1 Å². The second kappa shape index (κ2) is 6.33. The Bertz CT molecular complexity index is 508. The molecule has 0 saturated heterocycles. The van der Waals surface area contributed by atoms with E-state index >= 15 is 0 Å². The molecule has 1 aromatic carbocycles. The number of nitrogens with two attached hydrogens (primary N) is 1. The van der Waals surface area contributed by atoms with Gasteiger partial charge in [-0.25, -0.2) is 0 Å². The Labute approximate surface area is 112 Å². The van der Waals surface area contributed by atoms with E-state index in [1.54, 1.807) is 7.11 Å². The number of ether oxygens (including phenoxy) is 1. The van der Waals surface area contributed by atoms with E-state index in [0.717, 1.165) is 24.2 Å². The fourth-order valence-electron chi connectivity index (χ4n) is 1.70.